The predicted octanol–water partition coefficient (Wildman–Crippen LogP) is 4.91. The Labute approximate surface area is 227 Å². The van der Waals surface area contributed by atoms with E-state index in [9.17, 15) is 24.6 Å². The average molecular weight is 533 g/mol. The first-order valence-corrected chi connectivity index (χ1v) is 14.6. The van der Waals surface area contributed by atoms with Gasteiger partial charge in [0.1, 0.15) is 12.2 Å². The molecule has 0 radical (unpaired) electrons. The van der Waals surface area contributed by atoms with Crippen LogP contribution in [0.3, 0.4) is 0 Å². The number of rotatable bonds is 7. The Kier molecular flexibility index (Phi) is 7.72. The van der Waals surface area contributed by atoms with Crippen LogP contribution in [-0.4, -0.2) is 51.3 Å². The summed E-state index contributed by atoms with van der Waals surface area (Å²) in [4.78, 5) is 37.1. The van der Waals surface area contributed by atoms with Crippen LogP contribution in [-0.2, 0) is 23.9 Å². The number of carbonyl (C=O) groups is 3. The number of fused-ring (bicyclic) bond motifs is 5. The largest absolute Gasteiger partial charge is 0.463 e. The summed E-state index contributed by atoms with van der Waals surface area (Å²) in [6.45, 7) is 12.8. The molecule has 4 aliphatic rings. The third-order valence-electron chi connectivity index (χ3n) is 11.0. The van der Waals surface area contributed by atoms with Gasteiger partial charge < -0.3 is 19.7 Å². The van der Waals surface area contributed by atoms with Gasteiger partial charge in [0.2, 0.25) is 0 Å². The third kappa shape index (κ3) is 4.98. The van der Waals surface area contributed by atoms with Crippen molar-refractivity contribution in [3.63, 3.8) is 0 Å². The van der Waals surface area contributed by atoms with E-state index in [1.54, 1.807) is 19.9 Å². The highest BCUT2D eigenvalue weighted by molar-refractivity contribution is 5.95. The van der Waals surface area contributed by atoms with Gasteiger partial charge in [0.05, 0.1) is 11.2 Å². The minimum absolute atomic E-state index is 0.000722. The van der Waals surface area contributed by atoms with Gasteiger partial charge in [-0.25, -0.2) is 0 Å². The molecule has 9 atom stereocenters. The van der Waals surface area contributed by atoms with Crippen molar-refractivity contribution in [1.82, 2.24) is 0 Å². The molecule has 7 heteroatoms. The second-order valence-electron chi connectivity index (χ2n) is 13.9. The molecule has 38 heavy (non-hydrogen) atoms. The highest BCUT2D eigenvalue weighted by Gasteiger charge is 2.66. The van der Waals surface area contributed by atoms with E-state index in [0.717, 1.165) is 37.7 Å². The van der Waals surface area contributed by atoms with E-state index in [4.69, 9.17) is 9.47 Å². The zero-order valence-electron chi connectivity index (χ0n) is 24.3. The molecule has 2 N–H and O–H groups in total. The molecule has 7 nitrogen and oxygen atoms in total. The molecule has 0 heterocycles. The Morgan fingerprint density at radius 2 is 1.76 bits per heavy atom. The van der Waals surface area contributed by atoms with Crippen molar-refractivity contribution >= 4 is 17.7 Å². The molecule has 0 aromatic heterocycles. The van der Waals surface area contributed by atoms with Crippen LogP contribution in [0.1, 0.15) is 106 Å². The second-order valence-corrected chi connectivity index (χ2v) is 13.9. The Morgan fingerprint density at radius 1 is 1.08 bits per heavy atom. The number of carbonyl (C=O) groups excluding carboxylic acids is 3. The summed E-state index contributed by atoms with van der Waals surface area (Å²) in [5, 5.41) is 22.8. The molecule has 4 rings (SSSR count). The van der Waals surface area contributed by atoms with Crippen LogP contribution in [0.2, 0.25) is 0 Å². The highest BCUT2D eigenvalue weighted by atomic mass is 16.5. The second kappa shape index (κ2) is 10.0. The summed E-state index contributed by atoms with van der Waals surface area (Å²) in [5.41, 5.74) is -1.74. The quantitative estimate of drug-likeness (QED) is 0.448. The molecule has 0 amide bonds. The van der Waals surface area contributed by atoms with Crippen LogP contribution in [0.15, 0.2) is 11.6 Å². The van der Waals surface area contributed by atoms with Gasteiger partial charge in [0.15, 0.2) is 5.78 Å². The number of ether oxygens (including phenoxy) is 2. The number of esters is 2. The fourth-order valence-corrected chi connectivity index (χ4v) is 8.92. The summed E-state index contributed by atoms with van der Waals surface area (Å²) in [5.74, 6) is -0.554. The van der Waals surface area contributed by atoms with Crippen LogP contribution in [0.25, 0.3) is 0 Å². The van der Waals surface area contributed by atoms with Crippen molar-refractivity contribution in [2.75, 3.05) is 0 Å². The Balaban J connectivity index is 1.61. The molecule has 3 fully saturated rings. The van der Waals surface area contributed by atoms with Gasteiger partial charge in [-0.3, -0.25) is 14.4 Å². The van der Waals surface area contributed by atoms with Gasteiger partial charge in [-0.2, -0.15) is 0 Å². The van der Waals surface area contributed by atoms with Crippen LogP contribution < -0.4 is 0 Å². The summed E-state index contributed by atoms with van der Waals surface area (Å²) >= 11 is 0. The van der Waals surface area contributed by atoms with Crippen LogP contribution in [0.4, 0.5) is 0 Å². The molecule has 214 valence electrons. The maximum atomic E-state index is 13.6. The number of ketones is 1. The first kappa shape index (κ1) is 29.3. The van der Waals surface area contributed by atoms with Gasteiger partial charge in [-0.1, -0.05) is 20.8 Å². The summed E-state index contributed by atoms with van der Waals surface area (Å²) in [7, 11) is 0. The Bertz CT molecular complexity index is 995. The van der Waals surface area contributed by atoms with E-state index >= 15 is 0 Å². The van der Waals surface area contributed by atoms with Crippen molar-refractivity contribution in [3.05, 3.63) is 11.6 Å². The van der Waals surface area contributed by atoms with E-state index in [1.807, 2.05) is 0 Å². The lowest BCUT2D eigenvalue weighted by molar-refractivity contribution is -0.160. The van der Waals surface area contributed by atoms with Crippen LogP contribution in [0.5, 0.6) is 0 Å². The average Bonchev–Trinajstić information content (AvgIpc) is 3.07. The molecule has 3 saturated carbocycles. The normalized spacial score (nSPS) is 40.2. The number of hydrogen-bond donors (Lipinski definition) is 2. The van der Waals surface area contributed by atoms with Crippen LogP contribution >= 0.6 is 0 Å². The molecule has 4 aliphatic carbocycles. The van der Waals surface area contributed by atoms with Gasteiger partial charge >= 0.3 is 11.9 Å². The molecule has 0 aliphatic heterocycles. The molecule has 0 spiro atoms. The van der Waals surface area contributed by atoms with Crippen molar-refractivity contribution in [2.24, 2.45) is 34.5 Å². The molecular weight excluding hydrogens is 484 g/mol. The highest BCUT2D eigenvalue weighted by Crippen LogP contribution is 2.68. The summed E-state index contributed by atoms with van der Waals surface area (Å²) < 4.78 is 11.3. The van der Waals surface area contributed by atoms with Gasteiger partial charge in [0.25, 0.3) is 0 Å². The maximum absolute atomic E-state index is 13.6. The predicted molar refractivity (Wildman–Crippen MR) is 143 cm³/mol. The summed E-state index contributed by atoms with van der Waals surface area (Å²) in [6, 6.07) is 0. The molecule has 0 aromatic carbocycles. The van der Waals surface area contributed by atoms with Gasteiger partial charge in [0, 0.05) is 25.2 Å². The smallest absolute Gasteiger partial charge is 0.302 e. The zero-order valence-corrected chi connectivity index (χ0v) is 24.3. The van der Waals surface area contributed by atoms with Crippen molar-refractivity contribution in [1.29, 1.82) is 0 Å². The monoisotopic (exact) mass is 532 g/mol. The SMILES string of the molecule is CC(=O)O[C@H]1CC[C@]2(C)C3CC[C@]4(C)C([C@H](C)[C@@H](CCC(C)(C)O)OC(C)=O)CC[C@@]4(O)C3=CC(=O)[C@@H]2C1. The molecular formula is C31H48O7. The zero-order chi connectivity index (χ0) is 28.3. The van der Waals surface area contributed by atoms with Crippen molar-refractivity contribution < 1.29 is 34.1 Å². The van der Waals surface area contributed by atoms with E-state index in [-0.39, 0.29) is 59.0 Å². The molecule has 2 unspecified atom stereocenters. The van der Waals surface area contributed by atoms with Gasteiger partial charge in [-0.05, 0) is 106 Å². The lowest BCUT2D eigenvalue weighted by Crippen LogP contribution is -2.59. The minimum atomic E-state index is -1.08. The molecule has 0 bridgehead atoms. The number of aliphatic hydroxyl groups is 2. The van der Waals surface area contributed by atoms with E-state index in [2.05, 4.69) is 20.8 Å². The standard InChI is InChI=1S/C31H48O7/c1-18(27(38-20(3)33)11-12-28(4,5)35)22-10-15-31(36)24-17-26(34)25-16-21(37-19(2)32)8-13-29(25,6)23(24)9-14-30(22,31)7/h17-18,21-23,25,27,35-36H,8-16H2,1-7H3/t18-,21-,22?,23?,25-,27+,29+,30+,31+/m0/s1. The van der Waals surface area contributed by atoms with Crippen LogP contribution in [0, 0.1) is 34.5 Å². The minimum Gasteiger partial charge on any atom is -0.463 e. The fraction of sp³-hybridized carbons (Fsp3) is 0.839. The Morgan fingerprint density at radius 3 is 2.37 bits per heavy atom. The first-order valence-electron chi connectivity index (χ1n) is 14.6. The van der Waals surface area contributed by atoms with Gasteiger partial charge in [-0.15, -0.1) is 0 Å². The van der Waals surface area contributed by atoms with E-state index < -0.39 is 16.6 Å². The first-order chi connectivity index (χ1) is 17.5. The lowest BCUT2D eigenvalue weighted by atomic mass is 9.46. The number of allylic oxidation sites excluding steroid dienone is 1. The molecule has 0 aromatic rings. The van der Waals surface area contributed by atoms with E-state index in [0.29, 0.717) is 25.7 Å². The molecule has 0 saturated heterocycles. The van der Waals surface area contributed by atoms with Crippen molar-refractivity contribution in [3.8, 4) is 0 Å². The van der Waals surface area contributed by atoms with Crippen molar-refractivity contribution in [2.45, 2.75) is 130 Å². The maximum Gasteiger partial charge on any atom is 0.302 e. The topological polar surface area (TPSA) is 110 Å². The fourth-order valence-electron chi connectivity index (χ4n) is 8.92. The van der Waals surface area contributed by atoms with E-state index in [1.165, 1.54) is 13.8 Å². The Hall–Kier alpha value is -1.73. The summed E-state index contributed by atoms with van der Waals surface area (Å²) in [6.07, 6.45) is 7.45. The lowest BCUT2D eigenvalue weighted by Gasteiger charge is -2.60. The number of hydrogen-bond acceptors (Lipinski definition) is 7. The third-order valence-corrected chi connectivity index (χ3v) is 11.0.